The average molecular weight is 1670 g/mol. The van der Waals surface area contributed by atoms with Gasteiger partial charge < -0.3 is 149 Å². The topological polar surface area (TPSA) is 801 Å². The molecule has 0 aromatic carbocycles. The first-order chi connectivity index (χ1) is 54.7. The summed E-state index contributed by atoms with van der Waals surface area (Å²) >= 11 is 0. The standard InChI is InChI=1S/C68H115N23O26/c1-29(2)22-39(84-55(105)32(5)78-54(104)31(4)80-58(108)40(23-45(70)96)85-56(106)36-15-11-19-74-36)59(109)86-41(24-46(71)97)60(110)82-37(16-12-20-75-68(72)73)57(107)79-30(3)53(103)76-26-47(98)81-42(25-48(99)100)61(111)83-38(14-9-10-18-69)67(117)91-21-13-17-44(91)63(113)89-51(34(7)94)65(115)87-43(28-92)62(112)88-52(35(8)95)66(116)90-50(33(6)93)64(114)77-27-49(101)102/h29-44,50-52,74,92-95H,9-28,69H2,1-8H3,(H2,70,96)(H2,71,97)(H,76,103)(H,77,114)(H,78,104)(H,79,107)(H,80,108)(H,81,98)(H,82,110)(H,83,111)(H,84,105)(H,85,106)(H,86,109)(H,87,115)(H,88,112)(H,89,113)(H,90,116)(H,99,100)(H,101,102)(H4,72,73,75)/t30-,31-,32-,33+,34+,35+,36-,37-,38-,39-,40-,41-,42-,43-,44-,50-,51-,52-/m0/s1. The van der Waals surface area contributed by atoms with E-state index < -0.39 is 266 Å². The van der Waals surface area contributed by atoms with Crippen molar-refractivity contribution in [3.63, 3.8) is 0 Å². The van der Waals surface area contributed by atoms with Crippen molar-refractivity contribution >= 4 is 124 Å². The van der Waals surface area contributed by atoms with Crippen LogP contribution in [-0.4, -0.2) is 315 Å². The second kappa shape index (κ2) is 50.7. The number of nitrogens with two attached hydrogens (primary N) is 5. The van der Waals surface area contributed by atoms with Gasteiger partial charge in [0.2, 0.25) is 106 Å². The van der Waals surface area contributed by atoms with Crippen LogP contribution in [-0.2, 0) is 95.9 Å². The summed E-state index contributed by atoms with van der Waals surface area (Å²) in [5.41, 5.74) is 27.5. The molecule has 2 rings (SSSR count). The lowest BCUT2D eigenvalue weighted by atomic mass is 10.0. The molecule has 32 N–H and O–H groups in total. The van der Waals surface area contributed by atoms with Crippen molar-refractivity contribution in [3.05, 3.63) is 0 Å². The molecule has 0 aromatic heterocycles. The van der Waals surface area contributed by atoms with Crippen LogP contribution in [0.3, 0.4) is 0 Å². The molecule has 0 bridgehead atoms. The number of nitrogens with zero attached hydrogens (tertiary/aromatic N) is 2. The van der Waals surface area contributed by atoms with Gasteiger partial charge in [-0.2, -0.15) is 0 Å². The summed E-state index contributed by atoms with van der Waals surface area (Å²) in [7, 11) is 0. The van der Waals surface area contributed by atoms with Crippen LogP contribution in [0, 0.1) is 5.92 Å². The SMILES string of the molecule is CC(C)C[C@H](NC(=O)[C@H](C)NC(=O)[C@H](C)NC(=O)[C@H](CC(N)=O)NC(=O)[C@@H]1CCCN1)C(=O)N[C@@H](CC(N)=O)C(=O)N[C@@H](CCCN=C(N)N)C(=O)N[C@@H](C)C(=O)NCC(=O)N[C@@H](CC(=O)O)C(=O)N[C@@H](CCCCN)C(=O)N1CCC[C@H]1C(=O)N[C@H](C(=O)N[C@@H](CO)C(=O)N[C@H](C(=O)N[C@H](C(=O)NCC(=O)O)[C@@H](C)O)[C@@H](C)O)[C@@H](C)O. The van der Waals surface area contributed by atoms with E-state index in [0.717, 1.165) is 32.6 Å². The molecule has 0 aromatic rings. The number of rotatable bonds is 52. The van der Waals surface area contributed by atoms with Crippen LogP contribution in [0.2, 0.25) is 0 Å². The molecule has 2 heterocycles. The molecule has 2 saturated heterocycles. The smallest absolute Gasteiger partial charge is 0.322 e. The number of aliphatic hydroxyl groups is 4. The minimum absolute atomic E-state index is 0.0405. The second-order valence-corrected chi connectivity index (χ2v) is 28.5. The number of aliphatic imine (C=N–C) groups is 1. The fourth-order valence-electron chi connectivity index (χ4n) is 11.6. The number of carboxylic acids is 2. The van der Waals surface area contributed by atoms with E-state index in [-0.39, 0.29) is 82.9 Å². The van der Waals surface area contributed by atoms with Gasteiger partial charge in [-0.15, -0.1) is 0 Å². The molecule has 0 saturated carbocycles. The van der Waals surface area contributed by atoms with E-state index in [0.29, 0.717) is 19.4 Å². The van der Waals surface area contributed by atoms with Crippen molar-refractivity contribution in [1.29, 1.82) is 0 Å². The van der Waals surface area contributed by atoms with Crippen molar-refractivity contribution in [3.8, 4) is 0 Å². The maximum atomic E-state index is 14.5. The number of unbranched alkanes of at least 4 members (excludes halogenated alkanes) is 1. The first-order valence-electron chi connectivity index (χ1n) is 37.7. The van der Waals surface area contributed by atoms with Crippen LogP contribution >= 0.6 is 0 Å². The lowest BCUT2D eigenvalue weighted by Crippen LogP contribution is -2.63. The quantitative estimate of drug-likeness (QED) is 0.0153. The maximum absolute atomic E-state index is 14.5. The molecule has 2 aliphatic heterocycles. The van der Waals surface area contributed by atoms with Gasteiger partial charge >= 0.3 is 11.9 Å². The third-order valence-corrected chi connectivity index (χ3v) is 17.9. The van der Waals surface area contributed by atoms with Gasteiger partial charge in [-0.05, 0) is 125 Å². The van der Waals surface area contributed by atoms with E-state index in [9.17, 15) is 121 Å². The predicted octanol–water partition coefficient (Wildman–Crippen LogP) is -14.0. The Balaban J connectivity index is 2.27. The number of aliphatic carboxylic acids is 2. The molecule has 2 aliphatic rings. The Bertz CT molecular complexity index is 3560. The maximum Gasteiger partial charge on any atom is 0.322 e. The molecular formula is C68H115N23O26. The van der Waals surface area contributed by atoms with Crippen LogP contribution in [0.4, 0.5) is 0 Å². The van der Waals surface area contributed by atoms with Gasteiger partial charge in [-0.3, -0.25) is 101 Å². The summed E-state index contributed by atoms with van der Waals surface area (Å²) in [5.74, 6) is -23.2. The number of hydrogen-bond acceptors (Lipinski definition) is 27. The predicted molar refractivity (Wildman–Crippen MR) is 406 cm³/mol. The van der Waals surface area contributed by atoms with Gasteiger partial charge in [0.15, 0.2) is 5.96 Å². The molecule has 0 aliphatic carbocycles. The summed E-state index contributed by atoms with van der Waals surface area (Å²) in [6.45, 7) is 7.32. The Kier molecular flexibility index (Phi) is 44.0. The molecule has 0 radical (unpaired) electrons. The van der Waals surface area contributed by atoms with Crippen LogP contribution in [0.1, 0.15) is 139 Å². The molecule has 18 atom stereocenters. The summed E-state index contributed by atoms with van der Waals surface area (Å²) in [6, 6.07) is -24.1. The number of amides is 18. The Morgan fingerprint density at radius 2 is 0.880 bits per heavy atom. The Morgan fingerprint density at radius 3 is 1.40 bits per heavy atom. The van der Waals surface area contributed by atoms with Crippen LogP contribution < -0.4 is 114 Å². The molecular weight excluding hydrogens is 1550 g/mol. The zero-order valence-electron chi connectivity index (χ0n) is 66.2. The normalized spacial score (nSPS) is 17.7. The van der Waals surface area contributed by atoms with Gasteiger partial charge in [0.1, 0.15) is 91.1 Å². The minimum Gasteiger partial charge on any atom is -0.481 e. The summed E-state index contributed by atoms with van der Waals surface area (Å²) in [6.07, 6.45) is -6.81. The molecule has 0 unspecified atom stereocenters. The number of carboxylic acid groups (broad SMARTS) is 2. The first kappa shape index (κ1) is 102. The van der Waals surface area contributed by atoms with Crippen LogP contribution in [0.5, 0.6) is 0 Å². The number of carbonyl (C=O) groups is 20. The van der Waals surface area contributed by atoms with E-state index in [1.165, 1.54) is 13.8 Å². The van der Waals surface area contributed by atoms with Crippen molar-refractivity contribution < 1.29 is 127 Å². The van der Waals surface area contributed by atoms with Crippen molar-refractivity contribution in [2.75, 3.05) is 45.9 Å². The lowest BCUT2D eigenvalue weighted by Gasteiger charge is -2.31. The number of likely N-dealkylation sites (tertiary alicyclic amines) is 1. The minimum atomic E-state index is -1.98. The molecule has 2 fully saturated rings. The van der Waals surface area contributed by atoms with E-state index in [4.69, 9.17) is 33.8 Å². The molecule has 49 heteroatoms. The zero-order valence-corrected chi connectivity index (χ0v) is 66.2. The third kappa shape index (κ3) is 36.4. The van der Waals surface area contributed by atoms with Gasteiger partial charge in [-0.1, -0.05) is 13.8 Å². The summed E-state index contributed by atoms with van der Waals surface area (Å²) in [4.78, 5) is 270. The highest BCUT2D eigenvalue weighted by atomic mass is 16.4. The van der Waals surface area contributed by atoms with E-state index in [1.54, 1.807) is 13.8 Å². The Morgan fingerprint density at radius 1 is 0.436 bits per heavy atom. The molecule has 49 nitrogen and oxygen atoms in total. The molecule has 18 amide bonds. The van der Waals surface area contributed by atoms with Gasteiger partial charge in [-0.25, -0.2) is 0 Å². The highest BCUT2D eigenvalue weighted by Gasteiger charge is 2.43. The molecule has 117 heavy (non-hydrogen) atoms. The summed E-state index contributed by atoms with van der Waals surface area (Å²) < 4.78 is 0. The second-order valence-electron chi connectivity index (χ2n) is 28.5. The lowest BCUT2D eigenvalue weighted by molar-refractivity contribution is -0.144. The number of guanidine groups is 1. The largest absolute Gasteiger partial charge is 0.481 e. The third-order valence-electron chi connectivity index (χ3n) is 17.9. The molecule has 658 valence electrons. The Labute approximate surface area is 671 Å². The van der Waals surface area contributed by atoms with E-state index in [1.807, 2.05) is 5.32 Å². The Hall–Kier alpha value is -11.6. The zero-order chi connectivity index (χ0) is 88.8. The molecule has 0 spiro atoms. The number of carbonyl (C=O) groups excluding carboxylic acids is 18. The number of primary amides is 2. The van der Waals surface area contributed by atoms with Crippen molar-refractivity contribution in [2.24, 2.45) is 39.6 Å². The van der Waals surface area contributed by atoms with Crippen LogP contribution in [0.15, 0.2) is 4.99 Å². The van der Waals surface area contributed by atoms with Gasteiger partial charge in [0.25, 0.3) is 0 Å². The van der Waals surface area contributed by atoms with E-state index >= 15 is 0 Å². The number of hydrogen-bond donors (Lipinski definition) is 27. The van der Waals surface area contributed by atoms with Crippen molar-refractivity contribution in [1.82, 2.24) is 90.0 Å². The number of aliphatic hydroxyl groups excluding tert-OH is 4. The van der Waals surface area contributed by atoms with E-state index in [2.05, 4.69) is 84.7 Å². The fourth-order valence-corrected chi connectivity index (χ4v) is 11.6. The van der Waals surface area contributed by atoms with Crippen molar-refractivity contribution in [2.45, 2.75) is 248 Å². The van der Waals surface area contributed by atoms with Gasteiger partial charge in [0, 0.05) is 13.1 Å². The van der Waals surface area contributed by atoms with Gasteiger partial charge in [0.05, 0.1) is 56.8 Å². The van der Waals surface area contributed by atoms with Crippen LogP contribution in [0.25, 0.3) is 0 Å². The highest BCUT2D eigenvalue weighted by Crippen LogP contribution is 2.21. The average Bonchev–Trinajstić information content (AvgIpc) is 1.72. The monoisotopic (exact) mass is 1670 g/mol. The fraction of sp³-hybridized carbons (Fsp3) is 0.691. The number of nitrogens with one attached hydrogen (secondary N) is 16. The highest BCUT2D eigenvalue weighted by molar-refractivity contribution is 6.02. The first-order valence-corrected chi connectivity index (χ1v) is 37.7. The summed E-state index contributed by atoms with van der Waals surface area (Å²) in [5, 5.41) is 97.1.